The maximum atomic E-state index is 10.9. The molecular weight excluding hydrogens is 230 g/mol. The predicted molar refractivity (Wildman–Crippen MR) is 56.0 cm³/mol. The van der Waals surface area contributed by atoms with E-state index in [4.69, 9.17) is 10.2 Å². The minimum absolute atomic E-state index is 0.0569. The van der Waals surface area contributed by atoms with Gasteiger partial charge in [0.25, 0.3) is 5.69 Å². The second-order valence-electron chi connectivity index (χ2n) is 3.27. The molecule has 0 aliphatic heterocycles. The van der Waals surface area contributed by atoms with Gasteiger partial charge in [-0.2, -0.15) is 0 Å². The van der Waals surface area contributed by atoms with Crippen LogP contribution in [0.5, 0.6) is 0 Å². The third kappa shape index (κ3) is 3.00. The lowest BCUT2D eigenvalue weighted by Gasteiger charge is -2.04. The summed E-state index contributed by atoms with van der Waals surface area (Å²) in [7, 11) is 0. The van der Waals surface area contributed by atoms with Gasteiger partial charge in [-0.15, -0.1) is 0 Å². The Kier molecular flexibility index (Phi) is 3.76. The summed E-state index contributed by atoms with van der Waals surface area (Å²) in [5.41, 5.74) is -0.826. The van der Waals surface area contributed by atoms with Gasteiger partial charge in [0.05, 0.1) is 4.92 Å². The van der Waals surface area contributed by atoms with E-state index in [-0.39, 0.29) is 18.4 Å². The summed E-state index contributed by atoms with van der Waals surface area (Å²) < 4.78 is 0. The van der Waals surface area contributed by atoms with E-state index in [9.17, 15) is 19.7 Å². The fourth-order valence-corrected chi connectivity index (χ4v) is 1.44. The number of carbonyl (C=O) groups is 2. The summed E-state index contributed by atoms with van der Waals surface area (Å²) in [5, 5.41) is 28.1. The number of nitro benzene ring substituents is 1. The zero-order chi connectivity index (χ0) is 13.0. The Morgan fingerprint density at radius 2 is 1.94 bits per heavy atom. The van der Waals surface area contributed by atoms with Gasteiger partial charge in [-0.25, -0.2) is 4.79 Å². The molecule has 1 rings (SSSR count). The molecule has 0 aromatic heterocycles. The first-order chi connectivity index (χ1) is 7.93. The first-order valence-corrected chi connectivity index (χ1v) is 4.65. The number of carboxylic acids is 2. The van der Waals surface area contributed by atoms with Crippen LogP contribution in [0.2, 0.25) is 0 Å². The van der Waals surface area contributed by atoms with Crippen molar-refractivity contribution in [1.82, 2.24) is 0 Å². The number of aromatic carboxylic acids is 1. The molecule has 0 amide bonds. The van der Waals surface area contributed by atoms with Crippen LogP contribution in [-0.4, -0.2) is 27.1 Å². The Labute approximate surface area is 95.5 Å². The summed E-state index contributed by atoms with van der Waals surface area (Å²) >= 11 is 0. The standard InChI is InChI=1S/C10H9NO6/c12-8(13)5-4-6-2-1-3-7(11(16)17)9(6)10(14)15/h1-3H,4-5H2,(H,12,13)(H,14,15). The molecule has 0 fully saturated rings. The average Bonchev–Trinajstić information content (AvgIpc) is 2.25. The van der Waals surface area contributed by atoms with E-state index in [1.807, 2.05) is 0 Å². The molecule has 0 aliphatic carbocycles. The van der Waals surface area contributed by atoms with Crippen LogP contribution in [0.4, 0.5) is 5.69 Å². The molecule has 0 bridgehead atoms. The maximum absolute atomic E-state index is 10.9. The molecule has 0 heterocycles. The van der Waals surface area contributed by atoms with Crippen LogP contribution in [0.3, 0.4) is 0 Å². The van der Waals surface area contributed by atoms with E-state index < -0.39 is 28.1 Å². The maximum Gasteiger partial charge on any atom is 0.343 e. The highest BCUT2D eigenvalue weighted by molar-refractivity contribution is 5.94. The molecule has 0 spiro atoms. The van der Waals surface area contributed by atoms with Gasteiger partial charge < -0.3 is 10.2 Å². The number of hydrogen-bond acceptors (Lipinski definition) is 4. The zero-order valence-electron chi connectivity index (χ0n) is 8.62. The second-order valence-corrected chi connectivity index (χ2v) is 3.27. The van der Waals surface area contributed by atoms with Crippen molar-refractivity contribution in [1.29, 1.82) is 0 Å². The van der Waals surface area contributed by atoms with Gasteiger partial charge in [-0.3, -0.25) is 14.9 Å². The molecule has 0 atom stereocenters. The minimum Gasteiger partial charge on any atom is -0.481 e. The van der Waals surface area contributed by atoms with Crippen molar-refractivity contribution in [3.8, 4) is 0 Å². The molecule has 0 saturated heterocycles. The lowest BCUT2D eigenvalue weighted by molar-refractivity contribution is -0.385. The predicted octanol–water partition coefficient (Wildman–Crippen LogP) is 1.31. The molecule has 17 heavy (non-hydrogen) atoms. The Hall–Kier alpha value is -2.44. The number of aliphatic carboxylic acids is 1. The van der Waals surface area contributed by atoms with Crippen LogP contribution in [0.25, 0.3) is 0 Å². The van der Waals surface area contributed by atoms with Gasteiger partial charge >= 0.3 is 11.9 Å². The summed E-state index contributed by atoms with van der Waals surface area (Å²) in [4.78, 5) is 31.2. The second kappa shape index (κ2) is 5.06. The largest absolute Gasteiger partial charge is 0.481 e. The highest BCUT2D eigenvalue weighted by Crippen LogP contribution is 2.23. The number of hydrogen-bond donors (Lipinski definition) is 2. The van der Waals surface area contributed by atoms with Gasteiger partial charge in [-0.1, -0.05) is 12.1 Å². The molecule has 90 valence electrons. The monoisotopic (exact) mass is 239 g/mol. The van der Waals surface area contributed by atoms with Crippen molar-refractivity contribution >= 4 is 17.6 Å². The van der Waals surface area contributed by atoms with Gasteiger partial charge in [0.2, 0.25) is 0 Å². The smallest absolute Gasteiger partial charge is 0.343 e. The quantitative estimate of drug-likeness (QED) is 0.590. The summed E-state index contributed by atoms with van der Waals surface area (Å²) in [5.74, 6) is -2.52. The summed E-state index contributed by atoms with van der Waals surface area (Å²) in [6, 6.07) is 3.79. The van der Waals surface area contributed by atoms with Crippen molar-refractivity contribution < 1.29 is 24.7 Å². The molecule has 1 aromatic carbocycles. The topological polar surface area (TPSA) is 118 Å². The van der Waals surface area contributed by atoms with Crippen molar-refractivity contribution in [2.75, 3.05) is 0 Å². The van der Waals surface area contributed by atoms with Crippen molar-refractivity contribution in [3.63, 3.8) is 0 Å². The first-order valence-electron chi connectivity index (χ1n) is 4.65. The normalized spacial score (nSPS) is 9.88. The fraction of sp³-hybridized carbons (Fsp3) is 0.200. The summed E-state index contributed by atoms with van der Waals surface area (Å²) in [6.07, 6.45) is -0.333. The van der Waals surface area contributed by atoms with Crippen LogP contribution in [0.1, 0.15) is 22.3 Å². The molecule has 7 nitrogen and oxygen atoms in total. The molecule has 0 saturated carbocycles. The highest BCUT2D eigenvalue weighted by atomic mass is 16.6. The molecule has 7 heteroatoms. The van der Waals surface area contributed by atoms with Crippen LogP contribution in [-0.2, 0) is 11.2 Å². The van der Waals surface area contributed by atoms with E-state index in [0.29, 0.717) is 0 Å². The van der Waals surface area contributed by atoms with Gasteiger partial charge in [0.15, 0.2) is 0 Å². The number of aryl methyl sites for hydroxylation is 1. The fourth-order valence-electron chi connectivity index (χ4n) is 1.44. The minimum atomic E-state index is -1.43. The zero-order valence-corrected chi connectivity index (χ0v) is 8.62. The highest BCUT2D eigenvalue weighted by Gasteiger charge is 2.23. The van der Waals surface area contributed by atoms with Gasteiger partial charge in [0, 0.05) is 12.5 Å². The van der Waals surface area contributed by atoms with E-state index in [1.165, 1.54) is 12.1 Å². The van der Waals surface area contributed by atoms with E-state index >= 15 is 0 Å². The Morgan fingerprint density at radius 3 is 2.41 bits per heavy atom. The van der Waals surface area contributed by atoms with Crippen molar-refractivity contribution in [2.24, 2.45) is 0 Å². The van der Waals surface area contributed by atoms with Crippen molar-refractivity contribution in [3.05, 3.63) is 39.4 Å². The van der Waals surface area contributed by atoms with Crippen LogP contribution in [0, 0.1) is 10.1 Å². The van der Waals surface area contributed by atoms with E-state index in [1.54, 1.807) is 0 Å². The number of nitro groups is 1. The number of nitrogens with zero attached hydrogens (tertiary/aromatic N) is 1. The Morgan fingerprint density at radius 1 is 1.29 bits per heavy atom. The third-order valence-corrected chi connectivity index (χ3v) is 2.15. The van der Waals surface area contributed by atoms with Crippen molar-refractivity contribution in [2.45, 2.75) is 12.8 Å². The SMILES string of the molecule is O=C(O)CCc1cccc([N+](=O)[O-])c1C(=O)O. The van der Waals surface area contributed by atoms with E-state index in [2.05, 4.69) is 0 Å². The first kappa shape index (κ1) is 12.6. The lowest BCUT2D eigenvalue weighted by Crippen LogP contribution is -2.08. The summed E-state index contributed by atoms with van der Waals surface area (Å²) in [6.45, 7) is 0. The van der Waals surface area contributed by atoms with E-state index in [0.717, 1.165) is 6.07 Å². The third-order valence-electron chi connectivity index (χ3n) is 2.15. The number of rotatable bonds is 5. The van der Waals surface area contributed by atoms with Gasteiger partial charge in [-0.05, 0) is 12.0 Å². The molecule has 0 unspecified atom stereocenters. The number of benzene rings is 1. The van der Waals surface area contributed by atoms with Crippen LogP contribution in [0.15, 0.2) is 18.2 Å². The van der Waals surface area contributed by atoms with Gasteiger partial charge in [0.1, 0.15) is 5.56 Å². The number of carboxylic acid groups (broad SMARTS) is 2. The van der Waals surface area contributed by atoms with Crippen LogP contribution < -0.4 is 0 Å². The molecule has 0 radical (unpaired) electrons. The molecule has 1 aromatic rings. The molecule has 2 N–H and O–H groups in total. The lowest BCUT2D eigenvalue weighted by atomic mass is 10.0. The molecule has 0 aliphatic rings. The Bertz CT molecular complexity index is 482. The van der Waals surface area contributed by atoms with Crippen LogP contribution >= 0.6 is 0 Å². The average molecular weight is 239 g/mol. The molecular formula is C10H9NO6. The Balaban J connectivity index is 3.20.